The number of fused-ring (bicyclic) bond motifs is 1. The lowest BCUT2D eigenvalue weighted by atomic mass is 10.0. The number of anilines is 2. The van der Waals surface area contributed by atoms with Crippen LogP contribution in [-0.4, -0.2) is 36.7 Å². The number of carbonyl (C=O) groups excluding carboxylic acids is 2. The maximum absolute atomic E-state index is 11.9. The second-order valence-corrected chi connectivity index (χ2v) is 8.14. The van der Waals surface area contributed by atoms with Crippen molar-refractivity contribution in [3.8, 4) is 0 Å². The molecule has 27 heavy (non-hydrogen) atoms. The third kappa shape index (κ3) is 3.81. The highest BCUT2D eigenvalue weighted by molar-refractivity contribution is 8.14. The van der Waals surface area contributed by atoms with Crippen molar-refractivity contribution in [1.82, 2.24) is 0 Å². The summed E-state index contributed by atoms with van der Waals surface area (Å²) in [5.74, 6) is -0.268. The lowest BCUT2D eigenvalue weighted by molar-refractivity contribution is -0.118. The van der Waals surface area contributed by atoms with Gasteiger partial charge in [-0.3, -0.25) is 9.59 Å². The van der Waals surface area contributed by atoms with E-state index < -0.39 is 0 Å². The zero-order valence-electron chi connectivity index (χ0n) is 15.1. The van der Waals surface area contributed by atoms with Crippen LogP contribution in [0.15, 0.2) is 53.4 Å². The number of amides is 1. The SMILES string of the molecule is NC(=O)CCC1CN(c2ccccc2)CCN1c1cccc2c1CC(=O)S2. The molecule has 0 aliphatic carbocycles. The molecule has 140 valence electrons. The summed E-state index contributed by atoms with van der Waals surface area (Å²) in [5, 5.41) is 0.203. The summed E-state index contributed by atoms with van der Waals surface area (Å²) in [7, 11) is 0. The van der Waals surface area contributed by atoms with Crippen molar-refractivity contribution >= 4 is 34.2 Å². The highest BCUT2D eigenvalue weighted by Crippen LogP contribution is 2.40. The molecule has 2 aromatic carbocycles. The van der Waals surface area contributed by atoms with E-state index in [1.165, 1.54) is 17.4 Å². The van der Waals surface area contributed by atoms with Gasteiger partial charge in [-0.15, -0.1) is 0 Å². The highest BCUT2D eigenvalue weighted by Gasteiger charge is 2.31. The fourth-order valence-corrected chi connectivity index (χ4v) is 4.91. The highest BCUT2D eigenvalue weighted by atomic mass is 32.2. The van der Waals surface area contributed by atoms with E-state index >= 15 is 0 Å². The summed E-state index contributed by atoms with van der Waals surface area (Å²) in [5.41, 5.74) is 8.89. The molecule has 0 bridgehead atoms. The summed E-state index contributed by atoms with van der Waals surface area (Å²) >= 11 is 1.34. The lowest BCUT2D eigenvalue weighted by Crippen LogP contribution is -2.54. The van der Waals surface area contributed by atoms with E-state index in [2.05, 4.69) is 28.0 Å². The van der Waals surface area contributed by atoms with E-state index in [9.17, 15) is 9.59 Å². The van der Waals surface area contributed by atoms with E-state index in [4.69, 9.17) is 5.73 Å². The van der Waals surface area contributed by atoms with Gasteiger partial charge in [-0.25, -0.2) is 0 Å². The van der Waals surface area contributed by atoms with Crippen LogP contribution in [0.4, 0.5) is 11.4 Å². The lowest BCUT2D eigenvalue weighted by Gasteiger charge is -2.44. The van der Waals surface area contributed by atoms with Crippen LogP contribution >= 0.6 is 11.8 Å². The first-order chi connectivity index (χ1) is 13.1. The van der Waals surface area contributed by atoms with Crippen LogP contribution < -0.4 is 15.5 Å². The van der Waals surface area contributed by atoms with Gasteiger partial charge in [0.2, 0.25) is 5.91 Å². The van der Waals surface area contributed by atoms with Crippen LogP contribution in [0.5, 0.6) is 0 Å². The normalized spacial score (nSPS) is 19.3. The van der Waals surface area contributed by atoms with E-state index in [0.717, 1.165) is 35.8 Å². The van der Waals surface area contributed by atoms with Gasteiger partial charge in [-0.05, 0) is 36.2 Å². The molecule has 1 unspecified atom stereocenters. The first kappa shape index (κ1) is 17.9. The minimum atomic E-state index is -0.268. The molecule has 0 aromatic heterocycles. The first-order valence-corrected chi connectivity index (χ1v) is 10.1. The molecule has 2 N–H and O–H groups in total. The molecule has 2 aliphatic heterocycles. The Balaban J connectivity index is 1.61. The molecule has 1 amide bonds. The van der Waals surface area contributed by atoms with Gasteiger partial charge in [0.05, 0.1) is 0 Å². The summed E-state index contributed by atoms with van der Waals surface area (Å²) < 4.78 is 0. The average molecular weight is 382 g/mol. The number of para-hydroxylation sites is 1. The van der Waals surface area contributed by atoms with Crippen LogP contribution in [0.1, 0.15) is 18.4 Å². The average Bonchev–Trinajstić information content (AvgIpc) is 3.07. The summed E-state index contributed by atoms with van der Waals surface area (Å²) in [6.45, 7) is 2.59. The van der Waals surface area contributed by atoms with Gasteiger partial charge in [0.1, 0.15) is 0 Å². The number of hydrogen-bond acceptors (Lipinski definition) is 5. The Morgan fingerprint density at radius 3 is 2.70 bits per heavy atom. The molecule has 0 spiro atoms. The van der Waals surface area contributed by atoms with E-state index in [-0.39, 0.29) is 17.1 Å². The third-order valence-electron chi connectivity index (χ3n) is 5.29. The second-order valence-electron chi connectivity index (χ2n) is 7.04. The van der Waals surface area contributed by atoms with Crippen molar-refractivity contribution in [1.29, 1.82) is 0 Å². The molecule has 5 nitrogen and oxygen atoms in total. The molecule has 4 rings (SSSR count). The molecule has 0 saturated carbocycles. The molecular formula is C21H23N3O2S. The van der Waals surface area contributed by atoms with Gasteiger partial charge in [0.25, 0.3) is 0 Å². The molecule has 0 radical (unpaired) electrons. The van der Waals surface area contributed by atoms with Gasteiger partial charge < -0.3 is 15.5 Å². The molecule has 1 fully saturated rings. The van der Waals surface area contributed by atoms with Gasteiger partial charge in [-0.1, -0.05) is 36.0 Å². The number of carbonyl (C=O) groups is 2. The van der Waals surface area contributed by atoms with Crippen molar-refractivity contribution in [3.63, 3.8) is 0 Å². The van der Waals surface area contributed by atoms with Crippen LogP contribution in [-0.2, 0) is 16.0 Å². The fraction of sp³-hybridized carbons (Fsp3) is 0.333. The molecule has 6 heteroatoms. The number of thioether (sulfide) groups is 1. The number of hydrogen-bond donors (Lipinski definition) is 1. The minimum Gasteiger partial charge on any atom is -0.370 e. The number of nitrogens with two attached hydrogens (primary N) is 1. The van der Waals surface area contributed by atoms with Crippen molar-refractivity contribution in [2.45, 2.75) is 30.2 Å². The predicted octanol–water partition coefficient (Wildman–Crippen LogP) is 2.82. The minimum absolute atomic E-state index is 0.179. The van der Waals surface area contributed by atoms with Crippen molar-refractivity contribution < 1.29 is 9.59 Å². The van der Waals surface area contributed by atoms with Gasteiger partial charge in [-0.2, -0.15) is 0 Å². The molecule has 2 aliphatic rings. The van der Waals surface area contributed by atoms with Crippen LogP contribution in [0.2, 0.25) is 0 Å². The molecule has 2 heterocycles. The maximum Gasteiger partial charge on any atom is 0.217 e. The Hall–Kier alpha value is -2.47. The Morgan fingerprint density at radius 1 is 1.11 bits per heavy atom. The summed E-state index contributed by atoms with van der Waals surface area (Å²) in [6, 6.07) is 16.7. The zero-order valence-corrected chi connectivity index (χ0v) is 16.0. The van der Waals surface area contributed by atoms with Crippen molar-refractivity contribution in [3.05, 3.63) is 54.1 Å². The number of primary amides is 1. The topological polar surface area (TPSA) is 66.6 Å². The van der Waals surface area contributed by atoms with Crippen LogP contribution in [0.3, 0.4) is 0 Å². The van der Waals surface area contributed by atoms with E-state index in [1.54, 1.807) is 0 Å². The molecule has 1 saturated heterocycles. The quantitative estimate of drug-likeness (QED) is 0.863. The maximum atomic E-state index is 11.9. The summed E-state index contributed by atoms with van der Waals surface area (Å²) in [4.78, 5) is 29.2. The summed E-state index contributed by atoms with van der Waals surface area (Å²) in [6.07, 6.45) is 1.56. The number of nitrogens with zero attached hydrogens (tertiary/aromatic N) is 2. The van der Waals surface area contributed by atoms with Crippen LogP contribution in [0, 0.1) is 0 Å². The number of benzene rings is 2. The fourth-order valence-electron chi connectivity index (χ4n) is 4.00. The second kappa shape index (κ2) is 7.64. The Kier molecular flexibility index (Phi) is 5.07. The molecular weight excluding hydrogens is 358 g/mol. The molecule has 2 aromatic rings. The Labute approximate surface area is 163 Å². The van der Waals surface area contributed by atoms with E-state index in [0.29, 0.717) is 19.3 Å². The Morgan fingerprint density at radius 2 is 1.93 bits per heavy atom. The Bertz CT molecular complexity index is 856. The largest absolute Gasteiger partial charge is 0.370 e. The number of rotatable bonds is 5. The van der Waals surface area contributed by atoms with Crippen molar-refractivity contribution in [2.24, 2.45) is 5.73 Å². The smallest absolute Gasteiger partial charge is 0.217 e. The van der Waals surface area contributed by atoms with Gasteiger partial charge in [0, 0.05) is 54.8 Å². The predicted molar refractivity (Wildman–Crippen MR) is 109 cm³/mol. The number of piperazine rings is 1. The molecule has 1 atom stereocenters. The standard InChI is InChI=1S/C21H23N3O2S/c22-20(25)10-9-16-14-23(15-5-2-1-3-6-15)11-12-24(16)18-7-4-8-19-17(18)13-21(26)27-19/h1-8,16H,9-14H2,(H2,22,25). The van der Waals surface area contributed by atoms with Gasteiger partial charge >= 0.3 is 0 Å². The third-order valence-corrected chi connectivity index (χ3v) is 6.27. The first-order valence-electron chi connectivity index (χ1n) is 9.29. The van der Waals surface area contributed by atoms with E-state index in [1.807, 2.05) is 30.3 Å². The van der Waals surface area contributed by atoms with Gasteiger partial charge in [0.15, 0.2) is 5.12 Å². The zero-order chi connectivity index (χ0) is 18.8. The van der Waals surface area contributed by atoms with Crippen LogP contribution in [0.25, 0.3) is 0 Å². The monoisotopic (exact) mass is 381 g/mol. The van der Waals surface area contributed by atoms with Crippen molar-refractivity contribution in [2.75, 3.05) is 29.4 Å².